The van der Waals surface area contributed by atoms with Crippen molar-refractivity contribution in [1.82, 2.24) is 4.98 Å². The molecule has 0 saturated carbocycles. The first-order valence-electron chi connectivity index (χ1n) is 9.84. The number of aliphatic hydroxyl groups excluding tert-OH is 1. The zero-order valence-corrected chi connectivity index (χ0v) is 19.0. The van der Waals surface area contributed by atoms with Gasteiger partial charge in [0.1, 0.15) is 15.6 Å². The largest absolute Gasteiger partial charge is 0.492 e. The zero-order valence-electron chi connectivity index (χ0n) is 16.6. The molecule has 4 rings (SSSR count). The number of hydrogen-bond acceptors (Lipinski definition) is 7. The lowest BCUT2D eigenvalue weighted by atomic mass is 9.95. The van der Waals surface area contributed by atoms with Crippen LogP contribution in [0.1, 0.15) is 46.4 Å². The summed E-state index contributed by atoms with van der Waals surface area (Å²) >= 11 is 8.02. The van der Waals surface area contributed by atoms with Crippen LogP contribution < -0.4 is 0 Å². The Balaban J connectivity index is 1.51. The van der Waals surface area contributed by atoms with E-state index in [1.807, 2.05) is 24.4 Å². The molecule has 30 heavy (non-hydrogen) atoms. The van der Waals surface area contributed by atoms with Crippen LogP contribution in [0.4, 0.5) is 0 Å². The van der Waals surface area contributed by atoms with Crippen molar-refractivity contribution in [2.24, 2.45) is 0 Å². The summed E-state index contributed by atoms with van der Waals surface area (Å²) in [5.41, 5.74) is 1.80. The molecule has 0 spiro atoms. The Hall–Kier alpha value is -1.45. The number of ether oxygens (including phenoxy) is 2. The fourth-order valence-electron chi connectivity index (χ4n) is 3.84. The summed E-state index contributed by atoms with van der Waals surface area (Å²) in [4.78, 5) is 5.52. The Labute approximate surface area is 185 Å². The highest BCUT2D eigenvalue weighted by Crippen LogP contribution is 2.35. The Kier molecular flexibility index (Phi) is 6.50. The number of hydrogen-bond donors (Lipinski definition) is 1. The first-order chi connectivity index (χ1) is 14.3. The van der Waals surface area contributed by atoms with Gasteiger partial charge in [-0.3, -0.25) is 0 Å². The first kappa shape index (κ1) is 21.8. The van der Waals surface area contributed by atoms with Gasteiger partial charge in [0.2, 0.25) is 0 Å². The second-order valence-electron chi connectivity index (χ2n) is 7.82. The Morgan fingerprint density at radius 1 is 1.33 bits per heavy atom. The summed E-state index contributed by atoms with van der Waals surface area (Å²) in [5, 5.41) is 11.8. The third kappa shape index (κ3) is 5.42. The van der Waals surface area contributed by atoms with Gasteiger partial charge in [-0.1, -0.05) is 23.7 Å². The van der Waals surface area contributed by atoms with E-state index in [0.29, 0.717) is 30.9 Å². The number of sulfone groups is 1. The number of thiazole rings is 1. The van der Waals surface area contributed by atoms with Crippen LogP contribution in [0.15, 0.2) is 30.5 Å². The molecule has 1 saturated heterocycles. The first-order valence-corrected chi connectivity index (χ1v) is 13.1. The molecule has 0 bridgehead atoms. The van der Waals surface area contributed by atoms with Crippen molar-refractivity contribution in [1.29, 1.82) is 0 Å². The Morgan fingerprint density at radius 3 is 2.90 bits per heavy atom. The molecule has 2 aromatic rings. The summed E-state index contributed by atoms with van der Waals surface area (Å²) in [5.74, 6) is 0.793. The molecule has 6 nitrogen and oxygen atoms in total. The van der Waals surface area contributed by atoms with Crippen LogP contribution in [0, 0.1) is 0 Å². The lowest BCUT2D eigenvalue weighted by molar-refractivity contribution is -0.0880. The monoisotopic (exact) mass is 469 g/mol. The van der Waals surface area contributed by atoms with Crippen molar-refractivity contribution in [2.45, 2.75) is 44.0 Å². The summed E-state index contributed by atoms with van der Waals surface area (Å²) < 4.78 is 34.9. The Morgan fingerprint density at radius 2 is 2.17 bits per heavy atom. The summed E-state index contributed by atoms with van der Waals surface area (Å²) in [6.07, 6.45) is 5.83. The van der Waals surface area contributed by atoms with Crippen molar-refractivity contribution in [3.8, 4) is 0 Å². The van der Waals surface area contributed by atoms with Crippen LogP contribution in [0.3, 0.4) is 0 Å². The van der Waals surface area contributed by atoms with Crippen LogP contribution in [0.2, 0.25) is 5.02 Å². The molecule has 1 aromatic heterocycles. The van der Waals surface area contributed by atoms with Gasteiger partial charge in [0, 0.05) is 43.2 Å². The van der Waals surface area contributed by atoms with E-state index < -0.39 is 22.0 Å². The van der Waals surface area contributed by atoms with E-state index in [4.69, 9.17) is 21.1 Å². The predicted octanol–water partition coefficient (Wildman–Crippen LogP) is 3.77. The van der Waals surface area contributed by atoms with E-state index in [1.54, 1.807) is 11.3 Å². The molecule has 3 atom stereocenters. The molecule has 1 fully saturated rings. The average molecular weight is 470 g/mol. The minimum absolute atomic E-state index is 0.0964. The molecule has 9 heteroatoms. The van der Waals surface area contributed by atoms with Crippen LogP contribution in [-0.2, 0) is 25.7 Å². The Bertz CT molecular complexity index is 1050. The number of aliphatic hydroxyl groups is 1. The normalized spacial score (nSPS) is 24.5. The maximum absolute atomic E-state index is 11.7. The lowest BCUT2D eigenvalue weighted by Crippen LogP contribution is -2.35. The maximum atomic E-state index is 11.7. The quantitative estimate of drug-likeness (QED) is 0.693. The van der Waals surface area contributed by atoms with Gasteiger partial charge in [-0.15, -0.1) is 11.3 Å². The number of aromatic nitrogens is 1. The number of rotatable bonds is 6. The molecule has 2 aliphatic heterocycles. The van der Waals surface area contributed by atoms with Gasteiger partial charge in [0.15, 0.2) is 0 Å². The molecule has 2 aliphatic rings. The van der Waals surface area contributed by atoms with Gasteiger partial charge < -0.3 is 14.6 Å². The number of halogens is 1. The van der Waals surface area contributed by atoms with Crippen molar-refractivity contribution >= 4 is 38.5 Å². The van der Waals surface area contributed by atoms with Crippen LogP contribution in [-0.4, -0.2) is 49.3 Å². The number of nitrogens with zero attached hydrogens (tertiary/aromatic N) is 1. The highest BCUT2D eigenvalue weighted by molar-refractivity contribution is 7.90. The van der Waals surface area contributed by atoms with Crippen molar-refractivity contribution in [3.05, 3.63) is 56.5 Å². The van der Waals surface area contributed by atoms with Gasteiger partial charge in [0.05, 0.1) is 40.6 Å². The molecule has 0 amide bonds. The van der Waals surface area contributed by atoms with Crippen LogP contribution >= 0.6 is 22.9 Å². The van der Waals surface area contributed by atoms with E-state index in [0.717, 1.165) is 33.2 Å². The summed E-state index contributed by atoms with van der Waals surface area (Å²) in [7, 11) is -3.19. The topological polar surface area (TPSA) is 85.7 Å². The molecule has 1 N–H and O–H groups in total. The molecule has 0 aliphatic carbocycles. The number of benzene rings is 1. The smallest absolute Gasteiger partial charge is 0.150 e. The molecule has 3 unspecified atom stereocenters. The zero-order chi connectivity index (χ0) is 21.3. The molecule has 162 valence electrons. The third-order valence-electron chi connectivity index (χ3n) is 5.15. The standard InChI is InChI=1S/C21H24ClNO5S2/c1-30(25,26)12-16-9-15(24)10-19(28-16)13-4-5-17(22)14(7-13)8-21-23-11-20(29-21)18-3-2-6-27-18/h3-5,7,11,15-16,19,24H,2,6,8-10,12H2,1H3. The van der Waals surface area contributed by atoms with E-state index >= 15 is 0 Å². The van der Waals surface area contributed by atoms with E-state index in [2.05, 4.69) is 11.1 Å². The summed E-state index contributed by atoms with van der Waals surface area (Å²) in [6.45, 7) is 0.712. The molecule has 0 radical (unpaired) electrons. The van der Waals surface area contributed by atoms with Crippen LogP contribution in [0.25, 0.3) is 5.76 Å². The molecular weight excluding hydrogens is 446 g/mol. The van der Waals surface area contributed by atoms with E-state index in [1.165, 1.54) is 6.26 Å². The van der Waals surface area contributed by atoms with Gasteiger partial charge >= 0.3 is 0 Å². The van der Waals surface area contributed by atoms with Gasteiger partial charge in [-0.2, -0.15) is 0 Å². The lowest BCUT2D eigenvalue weighted by Gasteiger charge is -2.33. The second kappa shape index (κ2) is 8.96. The fourth-order valence-corrected chi connectivity index (χ4v) is 5.85. The maximum Gasteiger partial charge on any atom is 0.150 e. The van der Waals surface area contributed by atoms with Crippen molar-refractivity contribution in [2.75, 3.05) is 18.6 Å². The van der Waals surface area contributed by atoms with Crippen molar-refractivity contribution in [3.63, 3.8) is 0 Å². The van der Waals surface area contributed by atoms with Crippen molar-refractivity contribution < 1.29 is 23.0 Å². The van der Waals surface area contributed by atoms with Gasteiger partial charge in [0.25, 0.3) is 0 Å². The average Bonchev–Trinajstić information content (AvgIpc) is 3.33. The van der Waals surface area contributed by atoms with Crippen LogP contribution in [0.5, 0.6) is 0 Å². The SMILES string of the molecule is CS(=O)(=O)CC1CC(O)CC(c2ccc(Cl)c(Cc3ncc(C4=CCCO4)s3)c2)O1. The second-order valence-corrected chi connectivity index (χ2v) is 11.5. The van der Waals surface area contributed by atoms with Gasteiger partial charge in [-0.05, 0) is 23.3 Å². The highest BCUT2D eigenvalue weighted by Gasteiger charge is 2.31. The molecular formula is C21H24ClNO5S2. The fraction of sp³-hybridized carbons (Fsp3) is 0.476. The third-order valence-corrected chi connectivity index (χ3v) is 7.51. The van der Waals surface area contributed by atoms with E-state index in [9.17, 15) is 13.5 Å². The van der Waals surface area contributed by atoms with E-state index in [-0.39, 0.29) is 11.9 Å². The minimum Gasteiger partial charge on any atom is -0.492 e. The van der Waals surface area contributed by atoms with Gasteiger partial charge in [-0.25, -0.2) is 13.4 Å². The summed E-state index contributed by atoms with van der Waals surface area (Å²) in [6, 6.07) is 5.66. The molecule has 3 heterocycles. The minimum atomic E-state index is -3.19. The predicted molar refractivity (Wildman–Crippen MR) is 117 cm³/mol. The molecule has 1 aromatic carbocycles. The highest BCUT2D eigenvalue weighted by atomic mass is 35.5.